The number of ether oxygens (including phenoxy) is 2. The van der Waals surface area contributed by atoms with Crippen molar-refractivity contribution in [2.24, 2.45) is 0 Å². The monoisotopic (exact) mass is 479 g/mol. The summed E-state index contributed by atoms with van der Waals surface area (Å²) in [4.78, 5) is 11.6. The summed E-state index contributed by atoms with van der Waals surface area (Å²) in [7, 11) is 1.39. The van der Waals surface area contributed by atoms with Crippen LogP contribution < -0.4 is 5.32 Å². The predicted octanol–water partition coefficient (Wildman–Crippen LogP) is 6.31. The summed E-state index contributed by atoms with van der Waals surface area (Å²) in [5.41, 5.74) is 6.66. The third-order valence-corrected chi connectivity index (χ3v) is 6.22. The number of hydrogen-bond donors (Lipinski definition) is 1. The van der Waals surface area contributed by atoms with Crippen molar-refractivity contribution in [3.05, 3.63) is 143 Å². The highest BCUT2D eigenvalue weighted by molar-refractivity contribution is 5.89. The van der Waals surface area contributed by atoms with Crippen molar-refractivity contribution in [1.29, 1.82) is 0 Å². The van der Waals surface area contributed by atoms with Gasteiger partial charge in [-0.15, -0.1) is 0 Å². The Morgan fingerprint density at radius 1 is 0.694 bits per heavy atom. The first-order chi connectivity index (χ1) is 17.7. The van der Waals surface area contributed by atoms with Crippen LogP contribution in [0.2, 0.25) is 0 Å². The van der Waals surface area contributed by atoms with Gasteiger partial charge in [0.2, 0.25) is 0 Å². The molecule has 0 unspecified atom stereocenters. The summed E-state index contributed by atoms with van der Waals surface area (Å²) in [6, 6.07) is 37.1. The number of benzene rings is 4. The summed E-state index contributed by atoms with van der Waals surface area (Å²) in [6.07, 6.45) is 2.00. The lowest BCUT2D eigenvalue weighted by Crippen LogP contribution is -2.23. The summed E-state index contributed by atoms with van der Waals surface area (Å²) < 4.78 is 11.1. The van der Waals surface area contributed by atoms with E-state index in [1.807, 2.05) is 30.3 Å². The minimum atomic E-state index is -0.323. The molecule has 4 rings (SSSR count). The number of hydrogen-bond acceptors (Lipinski definition) is 4. The van der Waals surface area contributed by atoms with Gasteiger partial charge in [0.25, 0.3) is 0 Å². The normalized spacial score (nSPS) is 11.7. The van der Waals surface area contributed by atoms with Crippen LogP contribution in [0.5, 0.6) is 0 Å². The quantitative estimate of drug-likeness (QED) is 0.242. The molecule has 0 fully saturated rings. The zero-order valence-electron chi connectivity index (χ0n) is 20.7. The molecule has 0 saturated carbocycles. The molecule has 36 heavy (non-hydrogen) atoms. The first-order valence-corrected chi connectivity index (χ1v) is 12.4. The van der Waals surface area contributed by atoms with Crippen LogP contribution in [0.15, 0.2) is 109 Å². The van der Waals surface area contributed by atoms with E-state index in [4.69, 9.17) is 9.47 Å². The highest BCUT2D eigenvalue weighted by atomic mass is 16.5. The second-order valence-corrected chi connectivity index (χ2v) is 8.83. The van der Waals surface area contributed by atoms with Gasteiger partial charge in [-0.25, -0.2) is 4.79 Å². The summed E-state index contributed by atoms with van der Waals surface area (Å²) in [6.45, 7) is 1.91. The molecule has 0 saturated heterocycles. The molecule has 0 aliphatic heterocycles. The number of esters is 1. The fourth-order valence-electron chi connectivity index (χ4n) is 4.10. The lowest BCUT2D eigenvalue weighted by molar-refractivity contribution is 0.0396. The second-order valence-electron chi connectivity index (χ2n) is 8.83. The first kappa shape index (κ1) is 25.4. The Morgan fingerprint density at radius 3 is 1.89 bits per heavy atom. The van der Waals surface area contributed by atoms with Crippen LogP contribution in [0.1, 0.15) is 44.3 Å². The molecular formula is C32H33NO3. The topological polar surface area (TPSA) is 47.6 Å². The van der Waals surface area contributed by atoms with Gasteiger partial charge in [-0.05, 0) is 52.8 Å². The van der Waals surface area contributed by atoms with Gasteiger partial charge in [-0.2, -0.15) is 0 Å². The molecule has 4 aromatic rings. The number of nitrogens with one attached hydrogen (secondary N) is 1. The molecule has 1 atom stereocenters. The summed E-state index contributed by atoms with van der Waals surface area (Å²) in [5.74, 6) is -0.323. The zero-order valence-corrected chi connectivity index (χ0v) is 20.7. The van der Waals surface area contributed by atoms with E-state index in [1.54, 1.807) is 12.1 Å². The van der Waals surface area contributed by atoms with E-state index in [0.29, 0.717) is 25.3 Å². The highest BCUT2D eigenvalue weighted by Gasteiger charge is 2.12. The SMILES string of the molecule is COC(=O)c1ccc(CNC[C@H](OCc2ccc(CCc3ccccc3)cc2)c2ccccc2)cc1. The van der Waals surface area contributed by atoms with Gasteiger partial charge in [0.15, 0.2) is 0 Å². The third kappa shape index (κ3) is 7.64. The molecule has 0 aliphatic rings. The standard InChI is InChI=1S/C32H33NO3/c1-35-32(34)30-20-18-27(19-21-30)22-33-23-31(29-10-6-3-7-11-29)36-24-28-16-14-26(15-17-28)13-12-25-8-4-2-5-9-25/h2-11,14-21,31,33H,12-13,22-24H2,1H3/t31-/m0/s1. The molecule has 184 valence electrons. The molecule has 0 heterocycles. The number of carbonyl (C=O) groups excluding carboxylic acids is 1. The van der Waals surface area contributed by atoms with E-state index in [0.717, 1.165) is 29.5 Å². The Labute approximate surface area is 213 Å². The minimum absolute atomic E-state index is 0.0710. The van der Waals surface area contributed by atoms with Gasteiger partial charge in [-0.1, -0.05) is 97.1 Å². The van der Waals surface area contributed by atoms with E-state index in [2.05, 4.69) is 72.0 Å². The molecule has 0 bridgehead atoms. The number of carbonyl (C=O) groups is 1. The van der Waals surface area contributed by atoms with Crippen LogP contribution in [0, 0.1) is 0 Å². The fraction of sp³-hybridized carbons (Fsp3) is 0.219. The van der Waals surface area contributed by atoms with Gasteiger partial charge >= 0.3 is 5.97 Å². The van der Waals surface area contributed by atoms with E-state index in [-0.39, 0.29) is 12.1 Å². The largest absolute Gasteiger partial charge is 0.465 e. The van der Waals surface area contributed by atoms with Gasteiger partial charge < -0.3 is 14.8 Å². The Bertz CT molecular complexity index is 1190. The molecule has 4 aromatic carbocycles. The lowest BCUT2D eigenvalue weighted by Gasteiger charge is -2.19. The fourth-order valence-corrected chi connectivity index (χ4v) is 4.10. The molecule has 1 N–H and O–H groups in total. The zero-order chi connectivity index (χ0) is 25.0. The van der Waals surface area contributed by atoms with Gasteiger partial charge in [0, 0.05) is 13.1 Å². The molecule has 0 amide bonds. The van der Waals surface area contributed by atoms with E-state index in [1.165, 1.54) is 18.2 Å². The van der Waals surface area contributed by atoms with Crippen molar-refractivity contribution in [2.45, 2.75) is 32.1 Å². The lowest BCUT2D eigenvalue weighted by atomic mass is 10.0. The van der Waals surface area contributed by atoms with Crippen LogP contribution >= 0.6 is 0 Å². The van der Waals surface area contributed by atoms with E-state index < -0.39 is 0 Å². The molecule has 4 heteroatoms. The third-order valence-electron chi connectivity index (χ3n) is 6.22. The molecule has 0 aromatic heterocycles. The van der Waals surface area contributed by atoms with Crippen molar-refractivity contribution < 1.29 is 14.3 Å². The maximum Gasteiger partial charge on any atom is 0.337 e. The maximum atomic E-state index is 11.6. The predicted molar refractivity (Wildman–Crippen MR) is 144 cm³/mol. The molecule has 0 radical (unpaired) electrons. The van der Waals surface area contributed by atoms with Gasteiger partial charge in [0.05, 0.1) is 25.4 Å². The average Bonchev–Trinajstić information content (AvgIpc) is 2.95. The second kappa shape index (κ2) is 13.4. The smallest absolute Gasteiger partial charge is 0.337 e. The van der Waals surface area contributed by atoms with Crippen LogP contribution in [-0.4, -0.2) is 19.6 Å². The number of rotatable bonds is 12. The van der Waals surface area contributed by atoms with Crippen LogP contribution in [0.25, 0.3) is 0 Å². The maximum absolute atomic E-state index is 11.6. The minimum Gasteiger partial charge on any atom is -0.465 e. The van der Waals surface area contributed by atoms with Crippen LogP contribution in [0.3, 0.4) is 0 Å². The van der Waals surface area contributed by atoms with Crippen molar-refractivity contribution in [1.82, 2.24) is 5.32 Å². The number of methoxy groups -OCH3 is 1. The van der Waals surface area contributed by atoms with Crippen LogP contribution in [-0.2, 0) is 35.5 Å². The van der Waals surface area contributed by atoms with E-state index in [9.17, 15) is 4.79 Å². The molecule has 0 aliphatic carbocycles. The molecule has 0 spiro atoms. The Kier molecular flexibility index (Phi) is 9.43. The van der Waals surface area contributed by atoms with Crippen molar-refractivity contribution in [3.8, 4) is 0 Å². The van der Waals surface area contributed by atoms with Crippen LogP contribution in [0.4, 0.5) is 0 Å². The first-order valence-electron chi connectivity index (χ1n) is 12.4. The van der Waals surface area contributed by atoms with Crippen molar-refractivity contribution >= 4 is 5.97 Å². The Morgan fingerprint density at radius 2 is 1.25 bits per heavy atom. The van der Waals surface area contributed by atoms with E-state index >= 15 is 0 Å². The average molecular weight is 480 g/mol. The Hall–Kier alpha value is -3.73. The highest BCUT2D eigenvalue weighted by Crippen LogP contribution is 2.19. The Balaban J connectivity index is 1.30. The molecular weight excluding hydrogens is 446 g/mol. The number of aryl methyl sites for hydroxylation is 2. The van der Waals surface area contributed by atoms with Gasteiger partial charge in [-0.3, -0.25) is 0 Å². The molecule has 4 nitrogen and oxygen atoms in total. The summed E-state index contributed by atoms with van der Waals surface area (Å²) >= 11 is 0. The van der Waals surface area contributed by atoms with Gasteiger partial charge in [0.1, 0.15) is 0 Å². The summed E-state index contributed by atoms with van der Waals surface area (Å²) in [5, 5.41) is 3.50. The van der Waals surface area contributed by atoms with Crippen molar-refractivity contribution in [2.75, 3.05) is 13.7 Å². The van der Waals surface area contributed by atoms with Crippen molar-refractivity contribution in [3.63, 3.8) is 0 Å².